The van der Waals surface area contributed by atoms with Crippen LogP contribution in [0.15, 0.2) is 36.8 Å². The normalized spacial score (nSPS) is 19.8. The molecule has 196 valence electrons. The molecule has 1 amide bonds. The number of piperazine rings is 1. The van der Waals surface area contributed by atoms with Crippen molar-refractivity contribution in [1.82, 2.24) is 29.8 Å². The predicted molar refractivity (Wildman–Crippen MR) is 145 cm³/mol. The fourth-order valence-corrected chi connectivity index (χ4v) is 5.19. The van der Waals surface area contributed by atoms with Crippen molar-refractivity contribution in [1.29, 1.82) is 0 Å². The van der Waals surface area contributed by atoms with Gasteiger partial charge in [-0.3, -0.25) is 9.48 Å². The van der Waals surface area contributed by atoms with Gasteiger partial charge in [0.2, 0.25) is 0 Å². The van der Waals surface area contributed by atoms with Crippen molar-refractivity contribution in [2.24, 2.45) is 7.05 Å². The molecule has 0 aliphatic carbocycles. The lowest BCUT2D eigenvalue weighted by molar-refractivity contribution is 0.102. The lowest BCUT2D eigenvalue weighted by atomic mass is 10.1. The van der Waals surface area contributed by atoms with Crippen LogP contribution in [0, 0.1) is 12.7 Å². The quantitative estimate of drug-likeness (QED) is 0.394. The molecule has 5 heterocycles. The van der Waals surface area contributed by atoms with Crippen LogP contribution in [-0.2, 0) is 7.05 Å². The molecular formula is C27H35FN8O. The minimum Gasteiger partial charge on any atom is -0.371 e. The summed E-state index contributed by atoms with van der Waals surface area (Å²) >= 11 is 0. The van der Waals surface area contributed by atoms with E-state index in [1.165, 1.54) is 18.9 Å². The van der Waals surface area contributed by atoms with Crippen LogP contribution in [0.5, 0.6) is 0 Å². The van der Waals surface area contributed by atoms with E-state index in [0.29, 0.717) is 34.5 Å². The number of carbonyl (C=O) groups excluding carboxylic acids is 1. The predicted octanol–water partition coefficient (Wildman–Crippen LogP) is 3.48. The van der Waals surface area contributed by atoms with Gasteiger partial charge in [0.15, 0.2) is 11.5 Å². The van der Waals surface area contributed by atoms with E-state index in [1.807, 2.05) is 19.3 Å². The zero-order valence-electron chi connectivity index (χ0n) is 21.9. The Morgan fingerprint density at radius 3 is 2.51 bits per heavy atom. The van der Waals surface area contributed by atoms with Crippen molar-refractivity contribution in [2.75, 3.05) is 36.4 Å². The number of imidazole rings is 1. The molecule has 2 aliphatic heterocycles. The summed E-state index contributed by atoms with van der Waals surface area (Å²) in [6, 6.07) is 6.37. The maximum absolute atomic E-state index is 14.3. The highest BCUT2D eigenvalue weighted by Gasteiger charge is 2.21. The Morgan fingerprint density at radius 2 is 1.84 bits per heavy atom. The van der Waals surface area contributed by atoms with Gasteiger partial charge in [0, 0.05) is 81.0 Å². The zero-order chi connectivity index (χ0) is 26.1. The van der Waals surface area contributed by atoms with E-state index in [-0.39, 0.29) is 11.6 Å². The number of aromatic nitrogens is 4. The van der Waals surface area contributed by atoms with E-state index in [4.69, 9.17) is 0 Å². The molecule has 0 saturated carbocycles. The first-order valence-corrected chi connectivity index (χ1v) is 12.9. The summed E-state index contributed by atoms with van der Waals surface area (Å²) in [7, 11) is 1.85. The van der Waals surface area contributed by atoms with E-state index in [2.05, 4.69) is 44.8 Å². The summed E-state index contributed by atoms with van der Waals surface area (Å²) in [5.41, 5.74) is 3.52. The zero-order valence-corrected chi connectivity index (χ0v) is 21.9. The molecule has 9 nitrogen and oxygen atoms in total. The minimum atomic E-state index is -0.483. The number of rotatable bonds is 3. The molecule has 0 bridgehead atoms. The fraction of sp³-hybridized carbons (Fsp3) is 0.444. The molecule has 2 unspecified atom stereocenters. The van der Waals surface area contributed by atoms with Gasteiger partial charge in [0.25, 0.3) is 5.91 Å². The van der Waals surface area contributed by atoms with Crippen molar-refractivity contribution in [3.63, 3.8) is 0 Å². The molecule has 0 spiro atoms. The van der Waals surface area contributed by atoms with Gasteiger partial charge in [0.05, 0.1) is 16.9 Å². The van der Waals surface area contributed by atoms with Gasteiger partial charge in [0.1, 0.15) is 5.52 Å². The lowest BCUT2D eigenvalue weighted by Crippen LogP contribution is -2.52. The summed E-state index contributed by atoms with van der Waals surface area (Å²) in [5.74, 6) is -0.805. The molecular weight excluding hydrogens is 471 g/mol. The minimum absolute atomic E-state index is 0.239. The largest absolute Gasteiger partial charge is 0.371 e. The van der Waals surface area contributed by atoms with Crippen LogP contribution in [0.3, 0.4) is 0 Å². The van der Waals surface area contributed by atoms with Crippen molar-refractivity contribution in [2.45, 2.75) is 45.7 Å². The molecule has 0 radical (unpaired) electrons. The summed E-state index contributed by atoms with van der Waals surface area (Å²) < 4.78 is 17.6. The summed E-state index contributed by atoms with van der Waals surface area (Å²) in [4.78, 5) is 19.5. The number of carbonyl (C=O) groups is 1. The van der Waals surface area contributed by atoms with Crippen molar-refractivity contribution in [3.8, 4) is 0 Å². The number of benzene rings is 1. The Hall–Kier alpha value is -3.50. The van der Waals surface area contributed by atoms with E-state index in [1.54, 1.807) is 34.5 Å². The molecule has 2 fully saturated rings. The number of nitrogens with one attached hydrogen (secondary N) is 3. The van der Waals surface area contributed by atoms with Crippen LogP contribution in [0.1, 0.15) is 42.7 Å². The monoisotopic (exact) mass is 506 g/mol. The molecule has 3 N–H and O–H groups in total. The Bertz CT molecular complexity index is 1410. The maximum atomic E-state index is 14.3. The van der Waals surface area contributed by atoms with Crippen molar-refractivity contribution >= 4 is 33.8 Å². The second-order valence-electron chi connectivity index (χ2n) is 10.2. The SMILES string of the molecule is CC1CNCC(C)N1.Cc1cn2cc(NC(=O)c3ccc(N4CCCC4)c4cn(C)nc34)cc(F)c2n1. The van der Waals surface area contributed by atoms with E-state index in [9.17, 15) is 9.18 Å². The molecule has 4 aromatic rings. The van der Waals surface area contributed by atoms with Crippen LogP contribution in [0.2, 0.25) is 0 Å². The van der Waals surface area contributed by atoms with Gasteiger partial charge in [-0.1, -0.05) is 0 Å². The van der Waals surface area contributed by atoms with Crippen LogP contribution in [-0.4, -0.2) is 63.3 Å². The van der Waals surface area contributed by atoms with Crippen LogP contribution in [0.4, 0.5) is 15.8 Å². The molecule has 1 aromatic carbocycles. The standard InChI is InChI=1S/C21H21FN6O.C6H14N2/c1-13-10-28-11-14(9-17(22)20(28)23-13)24-21(29)15-5-6-18(27-7-3-4-8-27)16-12-26(2)25-19(15)16;1-5-3-7-4-6(2)8-5/h5-6,9-12H,3-4,7-8H2,1-2H3,(H,24,29);5-8H,3-4H2,1-2H3. The smallest absolute Gasteiger partial charge is 0.257 e. The third kappa shape index (κ3) is 5.45. The molecule has 3 aromatic heterocycles. The maximum Gasteiger partial charge on any atom is 0.257 e. The molecule has 10 heteroatoms. The van der Waals surface area contributed by atoms with Crippen molar-refractivity contribution < 1.29 is 9.18 Å². The van der Waals surface area contributed by atoms with Crippen LogP contribution >= 0.6 is 0 Å². The fourth-order valence-electron chi connectivity index (χ4n) is 5.19. The Labute approximate surface area is 216 Å². The molecule has 37 heavy (non-hydrogen) atoms. The van der Waals surface area contributed by atoms with Gasteiger partial charge in [-0.15, -0.1) is 0 Å². The highest BCUT2D eigenvalue weighted by atomic mass is 19.1. The van der Waals surface area contributed by atoms with Gasteiger partial charge >= 0.3 is 0 Å². The number of nitrogens with zero attached hydrogens (tertiary/aromatic N) is 5. The van der Waals surface area contributed by atoms with E-state index >= 15 is 0 Å². The second kappa shape index (κ2) is 10.5. The number of hydrogen-bond donors (Lipinski definition) is 3. The van der Waals surface area contributed by atoms with Gasteiger partial charge < -0.3 is 25.3 Å². The Morgan fingerprint density at radius 1 is 1.11 bits per heavy atom. The first kappa shape index (κ1) is 25.2. The second-order valence-corrected chi connectivity index (χ2v) is 10.2. The number of hydrogen-bond acceptors (Lipinski definition) is 6. The molecule has 2 saturated heterocycles. The van der Waals surface area contributed by atoms with Crippen LogP contribution < -0.4 is 20.9 Å². The van der Waals surface area contributed by atoms with E-state index in [0.717, 1.165) is 37.3 Å². The molecule has 2 aliphatic rings. The third-order valence-electron chi connectivity index (χ3n) is 6.81. The van der Waals surface area contributed by atoms with Crippen LogP contribution in [0.25, 0.3) is 16.6 Å². The third-order valence-corrected chi connectivity index (χ3v) is 6.81. The average Bonchev–Trinajstić information content (AvgIpc) is 3.58. The van der Waals surface area contributed by atoms with E-state index < -0.39 is 5.82 Å². The Kier molecular flexibility index (Phi) is 7.12. The Balaban J connectivity index is 0.000000301. The highest BCUT2D eigenvalue weighted by Crippen LogP contribution is 2.31. The van der Waals surface area contributed by atoms with Gasteiger partial charge in [-0.05, 0) is 45.7 Å². The summed E-state index contributed by atoms with van der Waals surface area (Å²) in [6.07, 6.45) is 7.66. The first-order chi connectivity index (χ1) is 17.8. The number of anilines is 2. The highest BCUT2D eigenvalue weighted by molar-refractivity contribution is 6.13. The number of halogens is 1. The lowest BCUT2D eigenvalue weighted by Gasteiger charge is -2.26. The summed E-state index contributed by atoms with van der Waals surface area (Å²) in [6.45, 7) is 10.4. The van der Waals surface area contributed by atoms with Crippen molar-refractivity contribution in [3.05, 3.63) is 53.9 Å². The average molecular weight is 507 g/mol. The number of amides is 1. The molecule has 2 atom stereocenters. The molecule has 6 rings (SSSR count). The topological polar surface area (TPSA) is 91.5 Å². The summed E-state index contributed by atoms with van der Waals surface area (Å²) in [5, 5.41) is 15.0. The number of pyridine rings is 1. The number of aryl methyl sites for hydroxylation is 2. The van der Waals surface area contributed by atoms with Gasteiger partial charge in [-0.2, -0.15) is 5.10 Å². The van der Waals surface area contributed by atoms with Gasteiger partial charge in [-0.25, -0.2) is 9.37 Å². The number of fused-ring (bicyclic) bond motifs is 2. The first-order valence-electron chi connectivity index (χ1n) is 12.9.